The van der Waals surface area contributed by atoms with Gasteiger partial charge < -0.3 is 4.90 Å². The second-order valence-corrected chi connectivity index (χ2v) is 7.81. The van der Waals surface area contributed by atoms with Gasteiger partial charge in [0.1, 0.15) is 5.78 Å². The number of thioether (sulfide) groups is 1. The molecule has 0 aromatic heterocycles. The molecule has 1 aliphatic carbocycles. The summed E-state index contributed by atoms with van der Waals surface area (Å²) < 4.78 is 0. The Morgan fingerprint density at radius 2 is 2.08 bits per heavy atom. The summed E-state index contributed by atoms with van der Waals surface area (Å²) in [5.74, 6) is 0.427. The number of hydrogen-bond acceptors (Lipinski definition) is 3. The molecular weight excluding hydrogens is 314 g/mol. The molecule has 0 amide bonds. The number of nitrogens with zero attached hydrogens (tertiary/aromatic N) is 1. The lowest BCUT2D eigenvalue weighted by molar-refractivity contribution is -0.120. The van der Waals surface area contributed by atoms with Crippen LogP contribution in [0.15, 0.2) is 63.6 Å². The Labute approximate surface area is 149 Å². The smallest absolute Gasteiger partial charge is 0.132 e. The molecule has 3 rings (SSSR count). The minimum atomic E-state index is 0.139. The Balaban J connectivity index is 1.74. The number of carbonyl (C=O) groups excluding carboxylic acids is 1. The number of carbonyl (C=O) groups is 1. The molecule has 1 atom stereocenters. The maximum atomic E-state index is 11.5. The van der Waals surface area contributed by atoms with Gasteiger partial charge in [-0.2, -0.15) is 0 Å². The molecule has 1 aliphatic heterocycles. The fourth-order valence-corrected chi connectivity index (χ4v) is 4.25. The Hall–Kier alpha value is -1.74. The summed E-state index contributed by atoms with van der Waals surface area (Å²) in [4.78, 5) is 15.1. The van der Waals surface area contributed by atoms with E-state index in [9.17, 15) is 4.79 Å². The average molecular weight is 340 g/mol. The molecule has 0 spiro atoms. The first-order valence-electron chi connectivity index (χ1n) is 8.66. The zero-order valence-corrected chi connectivity index (χ0v) is 15.5. The van der Waals surface area contributed by atoms with E-state index < -0.39 is 0 Å². The Kier molecular flexibility index (Phi) is 5.30. The Morgan fingerprint density at radius 1 is 1.29 bits per heavy atom. The highest BCUT2D eigenvalue weighted by Gasteiger charge is 2.20. The lowest BCUT2D eigenvalue weighted by atomic mass is 9.88. The second kappa shape index (κ2) is 7.43. The molecule has 24 heavy (non-hydrogen) atoms. The first kappa shape index (κ1) is 17.1. The first-order valence-corrected chi connectivity index (χ1v) is 9.47. The number of ketones is 1. The zero-order valence-electron chi connectivity index (χ0n) is 14.7. The van der Waals surface area contributed by atoms with Gasteiger partial charge in [0.2, 0.25) is 0 Å². The van der Waals surface area contributed by atoms with Crippen LogP contribution < -0.4 is 4.90 Å². The summed E-state index contributed by atoms with van der Waals surface area (Å²) >= 11 is 1.83. The van der Waals surface area contributed by atoms with Crippen molar-refractivity contribution in [2.24, 2.45) is 5.92 Å². The SMILES string of the molecule is CC(=O)C(C)CC1=C/C(=C/C=C2\Sc3ccccc3N2C)CCC1. The van der Waals surface area contributed by atoms with Crippen molar-refractivity contribution in [1.29, 1.82) is 0 Å². The van der Waals surface area contributed by atoms with Crippen LogP contribution in [0.1, 0.15) is 39.5 Å². The van der Waals surface area contributed by atoms with E-state index in [2.05, 4.69) is 54.4 Å². The molecule has 1 aromatic carbocycles. The monoisotopic (exact) mass is 339 g/mol. The minimum Gasteiger partial charge on any atom is -0.338 e. The predicted molar refractivity (Wildman–Crippen MR) is 103 cm³/mol. The van der Waals surface area contributed by atoms with Crippen molar-refractivity contribution < 1.29 is 4.79 Å². The number of benzene rings is 1. The third-order valence-corrected chi connectivity index (χ3v) is 6.01. The van der Waals surface area contributed by atoms with Gasteiger partial charge in [0, 0.05) is 17.9 Å². The van der Waals surface area contributed by atoms with Crippen LogP contribution in [0.3, 0.4) is 0 Å². The maximum Gasteiger partial charge on any atom is 0.132 e. The molecule has 2 aliphatic rings. The number of hydrogen-bond donors (Lipinski definition) is 0. The molecule has 126 valence electrons. The molecular formula is C21H25NOS. The van der Waals surface area contributed by atoms with Gasteiger partial charge >= 0.3 is 0 Å². The maximum absolute atomic E-state index is 11.5. The van der Waals surface area contributed by atoms with E-state index in [0.29, 0.717) is 0 Å². The molecule has 0 bridgehead atoms. The van der Waals surface area contributed by atoms with Crippen molar-refractivity contribution in [3.05, 3.63) is 58.7 Å². The van der Waals surface area contributed by atoms with Gasteiger partial charge in [-0.25, -0.2) is 0 Å². The van der Waals surface area contributed by atoms with Crippen LogP contribution in [0.2, 0.25) is 0 Å². The molecule has 3 heteroatoms. The number of anilines is 1. The Bertz CT molecular complexity index is 729. The van der Waals surface area contributed by atoms with Crippen molar-refractivity contribution in [3.8, 4) is 0 Å². The summed E-state index contributed by atoms with van der Waals surface area (Å²) in [6.07, 6.45) is 11.1. The van der Waals surface area contributed by atoms with Crippen molar-refractivity contribution in [2.75, 3.05) is 11.9 Å². The molecule has 2 nitrogen and oxygen atoms in total. The molecule has 0 fully saturated rings. The molecule has 0 saturated heterocycles. The standard InChI is InChI=1S/C21H25NOS/c1-15(16(2)23)13-18-8-6-7-17(14-18)11-12-21-22(3)19-9-4-5-10-20(19)24-21/h4-5,9-12,14-15H,6-8,13H2,1-3H3/b17-11+,21-12-. The fourth-order valence-electron chi connectivity index (χ4n) is 3.20. The van der Waals surface area contributed by atoms with Crippen LogP contribution in [0.25, 0.3) is 0 Å². The van der Waals surface area contributed by atoms with Gasteiger partial charge in [-0.05, 0) is 56.4 Å². The fraction of sp³-hybridized carbons (Fsp3) is 0.381. The lowest BCUT2D eigenvalue weighted by Gasteiger charge is -2.18. The van der Waals surface area contributed by atoms with Gasteiger partial charge in [0.25, 0.3) is 0 Å². The Morgan fingerprint density at radius 3 is 2.83 bits per heavy atom. The van der Waals surface area contributed by atoms with E-state index in [1.807, 2.05) is 18.7 Å². The van der Waals surface area contributed by atoms with E-state index in [-0.39, 0.29) is 11.7 Å². The van der Waals surface area contributed by atoms with E-state index in [1.54, 1.807) is 6.92 Å². The molecule has 0 N–H and O–H groups in total. The predicted octanol–water partition coefficient (Wildman–Crippen LogP) is 5.72. The molecule has 1 aromatic rings. The van der Waals surface area contributed by atoms with Crippen LogP contribution in [-0.4, -0.2) is 12.8 Å². The van der Waals surface area contributed by atoms with Gasteiger partial charge in [-0.1, -0.05) is 48.5 Å². The first-order chi connectivity index (χ1) is 11.5. The highest BCUT2D eigenvalue weighted by molar-refractivity contribution is 8.03. The number of para-hydroxylation sites is 1. The summed E-state index contributed by atoms with van der Waals surface area (Å²) in [6.45, 7) is 3.73. The highest BCUT2D eigenvalue weighted by Crippen LogP contribution is 2.44. The van der Waals surface area contributed by atoms with E-state index >= 15 is 0 Å². The number of Topliss-reactive ketones (excluding diaryl/α,β-unsaturated/α-hetero) is 1. The van der Waals surface area contributed by atoms with Crippen LogP contribution in [0, 0.1) is 5.92 Å². The third kappa shape index (κ3) is 3.84. The van der Waals surface area contributed by atoms with E-state index in [1.165, 1.54) is 33.2 Å². The van der Waals surface area contributed by atoms with Crippen molar-refractivity contribution in [2.45, 2.75) is 44.4 Å². The minimum absolute atomic E-state index is 0.139. The normalized spacial score (nSPS) is 21.8. The third-order valence-electron chi connectivity index (χ3n) is 4.83. The summed E-state index contributed by atoms with van der Waals surface area (Å²) in [5.41, 5.74) is 4.08. The van der Waals surface area contributed by atoms with Gasteiger partial charge in [0.15, 0.2) is 0 Å². The van der Waals surface area contributed by atoms with Crippen LogP contribution in [-0.2, 0) is 4.79 Å². The zero-order chi connectivity index (χ0) is 17.1. The highest BCUT2D eigenvalue weighted by atomic mass is 32.2. The lowest BCUT2D eigenvalue weighted by Crippen LogP contribution is -2.09. The summed E-state index contributed by atoms with van der Waals surface area (Å²) in [6, 6.07) is 8.52. The number of allylic oxidation sites excluding steroid dienone is 5. The molecule has 0 radical (unpaired) electrons. The van der Waals surface area contributed by atoms with E-state index in [0.717, 1.165) is 19.3 Å². The topological polar surface area (TPSA) is 20.3 Å². The molecule has 0 saturated carbocycles. The van der Waals surface area contributed by atoms with Crippen LogP contribution in [0.4, 0.5) is 5.69 Å². The van der Waals surface area contributed by atoms with E-state index in [4.69, 9.17) is 0 Å². The van der Waals surface area contributed by atoms with Gasteiger partial charge in [-0.15, -0.1) is 0 Å². The van der Waals surface area contributed by atoms with Crippen LogP contribution in [0.5, 0.6) is 0 Å². The molecule has 1 unspecified atom stereocenters. The van der Waals surface area contributed by atoms with Gasteiger partial charge in [-0.3, -0.25) is 4.79 Å². The van der Waals surface area contributed by atoms with Crippen molar-refractivity contribution in [1.82, 2.24) is 0 Å². The second-order valence-electron chi connectivity index (χ2n) is 6.75. The average Bonchev–Trinajstić information content (AvgIpc) is 2.90. The van der Waals surface area contributed by atoms with Crippen molar-refractivity contribution >= 4 is 23.2 Å². The molecule has 1 heterocycles. The van der Waals surface area contributed by atoms with Crippen LogP contribution >= 0.6 is 11.8 Å². The summed E-state index contributed by atoms with van der Waals surface area (Å²) in [7, 11) is 2.12. The number of rotatable bonds is 4. The number of fused-ring (bicyclic) bond motifs is 1. The summed E-state index contributed by atoms with van der Waals surface area (Å²) in [5, 5.41) is 1.27. The largest absolute Gasteiger partial charge is 0.338 e. The van der Waals surface area contributed by atoms with Gasteiger partial charge in [0.05, 0.1) is 10.7 Å². The quantitative estimate of drug-likeness (QED) is 0.699. The van der Waals surface area contributed by atoms with Crippen molar-refractivity contribution in [3.63, 3.8) is 0 Å².